The van der Waals surface area contributed by atoms with E-state index in [2.05, 4.69) is 20.5 Å². The van der Waals surface area contributed by atoms with Gasteiger partial charge in [-0.2, -0.15) is 0 Å². The summed E-state index contributed by atoms with van der Waals surface area (Å²) < 4.78 is 7.41. The lowest BCUT2D eigenvalue weighted by Crippen LogP contribution is -2.14. The molecule has 8 nitrogen and oxygen atoms in total. The first-order valence-electron chi connectivity index (χ1n) is 10.3. The number of nitrogens with zero attached hydrogens (tertiary/aromatic N) is 4. The Labute approximate surface area is 192 Å². The summed E-state index contributed by atoms with van der Waals surface area (Å²) in [5.41, 5.74) is 1.94. The monoisotopic (exact) mass is 467 g/mol. The number of furan rings is 1. The van der Waals surface area contributed by atoms with Crippen LogP contribution in [-0.4, -0.2) is 36.5 Å². The van der Waals surface area contributed by atoms with Gasteiger partial charge in [0.2, 0.25) is 5.91 Å². The molecule has 5 rings (SSSR count). The molecule has 1 aliphatic carbocycles. The fourth-order valence-electron chi connectivity index (χ4n) is 3.61. The Morgan fingerprint density at radius 1 is 1.19 bits per heavy atom. The van der Waals surface area contributed by atoms with E-state index in [0.717, 1.165) is 36.3 Å². The van der Waals surface area contributed by atoms with Gasteiger partial charge in [-0.1, -0.05) is 11.8 Å². The second-order valence-corrected chi connectivity index (χ2v) is 9.48. The normalized spacial score (nSPS) is 13.1. The molecule has 1 aliphatic rings. The molecule has 164 valence electrons. The molecule has 0 bridgehead atoms. The highest BCUT2D eigenvalue weighted by Crippen LogP contribution is 2.30. The van der Waals surface area contributed by atoms with E-state index < -0.39 is 0 Å². The van der Waals surface area contributed by atoms with Gasteiger partial charge in [0.25, 0.3) is 0 Å². The van der Waals surface area contributed by atoms with Crippen molar-refractivity contribution in [2.75, 3.05) is 11.1 Å². The number of hydrogen-bond acceptors (Lipinski definition) is 8. The van der Waals surface area contributed by atoms with Crippen molar-refractivity contribution in [3.05, 3.63) is 59.0 Å². The number of carbonyl (C=O) groups is 1. The van der Waals surface area contributed by atoms with Crippen LogP contribution in [0.3, 0.4) is 0 Å². The molecular weight excluding hydrogens is 446 g/mol. The highest BCUT2D eigenvalue weighted by atomic mass is 32.2. The number of phenolic OH excluding ortho intramolecular Hbond substituents is 1. The number of aromatic hydroxyl groups is 1. The van der Waals surface area contributed by atoms with E-state index in [9.17, 15) is 9.90 Å². The summed E-state index contributed by atoms with van der Waals surface area (Å²) in [6.07, 6.45) is 6.01. The number of anilines is 1. The second kappa shape index (κ2) is 9.17. The lowest BCUT2D eigenvalue weighted by atomic mass is 10.0. The summed E-state index contributed by atoms with van der Waals surface area (Å²) in [5.74, 6) is 1.64. The molecule has 0 atom stereocenters. The molecule has 0 fully saturated rings. The fraction of sp³-hybridized carbons (Fsp3) is 0.273. The minimum atomic E-state index is -0.125. The molecule has 4 aromatic rings. The van der Waals surface area contributed by atoms with Crippen molar-refractivity contribution >= 4 is 34.1 Å². The Balaban J connectivity index is 1.31. The third kappa shape index (κ3) is 4.56. The van der Waals surface area contributed by atoms with Gasteiger partial charge in [-0.15, -0.1) is 21.5 Å². The maximum Gasteiger partial charge on any atom is 0.236 e. The quantitative estimate of drug-likeness (QED) is 0.389. The molecule has 0 unspecified atom stereocenters. The predicted octanol–water partition coefficient (Wildman–Crippen LogP) is 4.36. The minimum absolute atomic E-state index is 0.125. The van der Waals surface area contributed by atoms with Gasteiger partial charge >= 0.3 is 0 Å². The number of thiazole rings is 1. The van der Waals surface area contributed by atoms with Gasteiger partial charge in [0.15, 0.2) is 16.1 Å². The summed E-state index contributed by atoms with van der Waals surface area (Å²) >= 11 is 2.89. The first kappa shape index (κ1) is 20.8. The average Bonchev–Trinajstić information content (AvgIpc) is 3.53. The third-order valence-corrected chi connectivity index (χ3v) is 7.20. The largest absolute Gasteiger partial charge is 0.508 e. The van der Waals surface area contributed by atoms with Gasteiger partial charge in [0, 0.05) is 10.4 Å². The summed E-state index contributed by atoms with van der Waals surface area (Å²) in [4.78, 5) is 18.4. The van der Waals surface area contributed by atoms with Crippen LogP contribution in [0.4, 0.5) is 5.13 Å². The highest BCUT2D eigenvalue weighted by molar-refractivity contribution is 7.99. The zero-order valence-corrected chi connectivity index (χ0v) is 18.8. The highest BCUT2D eigenvalue weighted by Gasteiger charge is 2.19. The fourth-order valence-corrected chi connectivity index (χ4v) is 5.42. The Morgan fingerprint density at radius 3 is 2.81 bits per heavy atom. The van der Waals surface area contributed by atoms with Gasteiger partial charge in [0.05, 0.1) is 24.3 Å². The number of thioether (sulfide) groups is 1. The number of amides is 1. The summed E-state index contributed by atoms with van der Waals surface area (Å²) in [6.45, 7) is 0.430. The van der Waals surface area contributed by atoms with Gasteiger partial charge in [-0.25, -0.2) is 4.98 Å². The van der Waals surface area contributed by atoms with Crippen molar-refractivity contribution in [1.82, 2.24) is 19.7 Å². The van der Waals surface area contributed by atoms with Crippen LogP contribution in [0.1, 0.15) is 29.2 Å². The van der Waals surface area contributed by atoms with Crippen LogP contribution < -0.4 is 5.32 Å². The van der Waals surface area contributed by atoms with Gasteiger partial charge in [0.1, 0.15) is 11.5 Å². The first-order valence-corrected chi connectivity index (χ1v) is 12.1. The molecule has 1 amide bonds. The van der Waals surface area contributed by atoms with Crippen molar-refractivity contribution in [2.24, 2.45) is 0 Å². The lowest BCUT2D eigenvalue weighted by molar-refractivity contribution is -0.113. The number of phenols is 1. The number of aromatic nitrogens is 4. The van der Waals surface area contributed by atoms with Crippen LogP contribution in [0, 0.1) is 0 Å². The van der Waals surface area contributed by atoms with Crippen LogP contribution in [0.2, 0.25) is 0 Å². The summed E-state index contributed by atoms with van der Waals surface area (Å²) in [6, 6.07) is 10.5. The molecule has 3 aromatic heterocycles. The Kier molecular flexibility index (Phi) is 5.95. The smallest absolute Gasteiger partial charge is 0.236 e. The number of benzene rings is 1. The molecule has 2 N–H and O–H groups in total. The van der Waals surface area contributed by atoms with Gasteiger partial charge in [-0.05, 0) is 62.1 Å². The molecule has 10 heteroatoms. The number of rotatable bonds is 7. The first-order chi connectivity index (χ1) is 15.7. The van der Waals surface area contributed by atoms with E-state index in [1.54, 1.807) is 41.9 Å². The molecular formula is C22H21N5O3S2. The number of carbonyl (C=O) groups excluding carboxylic acids is 1. The lowest BCUT2D eigenvalue weighted by Gasteiger charge is -2.09. The van der Waals surface area contributed by atoms with Crippen molar-refractivity contribution in [3.8, 4) is 17.1 Å². The number of fused-ring (bicyclic) bond motifs is 1. The Bertz CT molecular complexity index is 1190. The summed E-state index contributed by atoms with van der Waals surface area (Å²) in [7, 11) is 0. The number of aryl methyl sites for hydroxylation is 2. The zero-order valence-electron chi connectivity index (χ0n) is 17.2. The maximum atomic E-state index is 12.6. The molecule has 1 aromatic carbocycles. The topological polar surface area (TPSA) is 106 Å². The molecule has 0 aliphatic heterocycles. The van der Waals surface area contributed by atoms with Gasteiger partial charge in [-0.3, -0.25) is 9.36 Å². The maximum absolute atomic E-state index is 12.6. The van der Waals surface area contributed by atoms with E-state index in [1.807, 2.05) is 16.7 Å². The molecule has 3 heterocycles. The SMILES string of the molecule is O=C(CSc1nnc(-c2ccc(O)cc2)n1Cc1ccco1)Nc1nc2c(s1)CCCC2. The molecule has 0 saturated heterocycles. The Morgan fingerprint density at radius 2 is 2.03 bits per heavy atom. The van der Waals surface area contributed by atoms with Crippen LogP contribution in [0.15, 0.2) is 52.2 Å². The van der Waals surface area contributed by atoms with Crippen LogP contribution >= 0.6 is 23.1 Å². The van der Waals surface area contributed by atoms with Crippen LogP contribution in [-0.2, 0) is 24.2 Å². The van der Waals surface area contributed by atoms with Gasteiger partial charge < -0.3 is 14.8 Å². The third-order valence-electron chi connectivity index (χ3n) is 5.16. The van der Waals surface area contributed by atoms with Crippen molar-refractivity contribution < 1.29 is 14.3 Å². The van der Waals surface area contributed by atoms with E-state index >= 15 is 0 Å². The van der Waals surface area contributed by atoms with E-state index in [0.29, 0.717) is 22.7 Å². The standard InChI is InChI=1S/C22H21N5O3S2/c28-15-9-7-14(8-10-15)20-25-26-22(27(20)12-16-4-3-11-30-16)31-13-19(29)24-21-23-17-5-1-2-6-18(17)32-21/h3-4,7-11,28H,1-2,5-6,12-13H2,(H,23,24,29). The minimum Gasteiger partial charge on any atom is -0.508 e. The van der Waals surface area contributed by atoms with Crippen molar-refractivity contribution in [2.45, 2.75) is 37.4 Å². The molecule has 0 spiro atoms. The zero-order chi connectivity index (χ0) is 21.9. The molecule has 0 radical (unpaired) electrons. The number of nitrogens with one attached hydrogen (secondary N) is 1. The average molecular weight is 468 g/mol. The second-order valence-electron chi connectivity index (χ2n) is 7.45. The van der Waals surface area contributed by atoms with E-state index in [-0.39, 0.29) is 17.4 Å². The summed E-state index contributed by atoms with van der Waals surface area (Å²) in [5, 5.41) is 22.4. The van der Waals surface area contributed by atoms with E-state index in [4.69, 9.17) is 4.42 Å². The predicted molar refractivity (Wildman–Crippen MR) is 123 cm³/mol. The number of hydrogen-bond donors (Lipinski definition) is 2. The van der Waals surface area contributed by atoms with Crippen LogP contribution in [0.5, 0.6) is 5.75 Å². The Hall–Kier alpha value is -3.11. The van der Waals surface area contributed by atoms with E-state index in [1.165, 1.54) is 23.1 Å². The molecule has 32 heavy (non-hydrogen) atoms. The van der Waals surface area contributed by atoms with Crippen molar-refractivity contribution in [1.29, 1.82) is 0 Å². The van der Waals surface area contributed by atoms with Crippen LogP contribution in [0.25, 0.3) is 11.4 Å². The van der Waals surface area contributed by atoms with Crippen molar-refractivity contribution in [3.63, 3.8) is 0 Å². The molecule has 0 saturated carbocycles.